The first-order chi connectivity index (χ1) is 26.8. The number of nitrogens with zero attached hydrogens (tertiary/aromatic N) is 4. The summed E-state index contributed by atoms with van der Waals surface area (Å²) in [6.07, 6.45) is 3.76. The summed E-state index contributed by atoms with van der Waals surface area (Å²) in [4.78, 5) is 46.4. The molecule has 4 aliphatic heterocycles. The second-order valence-electron chi connectivity index (χ2n) is 15.6. The number of amides is 3. The molecule has 0 saturated carbocycles. The van der Waals surface area contributed by atoms with Gasteiger partial charge in [-0.15, -0.1) is 0 Å². The van der Waals surface area contributed by atoms with Crippen LogP contribution >= 0.6 is 0 Å². The molecule has 2 N–H and O–H groups in total. The lowest BCUT2D eigenvalue weighted by atomic mass is 9.87. The SMILES string of the molecule is CC/C(=C(\c1ccc(O)cc1)c1ccc(CCCN2CC(CN3CCN(c4ccc5c(c4)CN(C4CCC(=O)NC4=O)C5=O)CC3)C2)cc1)c1ccccc1. The maximum atomic E-state index is 13.1. The standard InChI is InChI=1S/C46H51N5O4/c1-2-40(34-8-4-3-5-9-34)44(36-14-17-39(52)18-15-36)35-12-10-32(11-13-35)7-6-22-49-29-33(30-49)28-48-23-25-50(26-24-48)38-16-19-41-37(27-38)31-51(46(41)55)42-20-21-43(53)47-45(42)54/h3-5,8-19,27,33,42,52H,2,6-7,20-26,28-31H2,1H3,(H,47,53,54)/b44-40+. The molecular weight excluding hydrogens is 687 g/mol. The Morgan fingerprint density at radius 1 is 0.800 bits per heavy atom. The number of carbonyl (C=O) groups excluding carboxylic acids is 3. The number of fused-ring (bicyclic) bond motifs is 1. The van der Waals surface area contributed by atoms with Crippen LogP contribution in [0.1, 0.15) is 70.8 Å². The lowest BCUT2D eigenvalue weighted by molar-refractivity contribution is -0.136. The van der Waals surface area contributed by atoms with E-state index in [4.69, 9.17) is 0 Å². The average Bonchev–Trinajstić information content (AvgIpc) is 3.52. The predicted octanol–water partition coefficient (Wildman–Crippen LogP) is 6.21. The summed E-state index contributed by atoms with van der Waals surface area (Å²) in [6, 6.07) is 32.7. The van der Waals surface area contributed by atoms with Crippen molar-refractivity contribution < 1.29 is 19.5 Å². The molecule has 8 rings (SSSR count). The Labute approximate surface area is 324 Å². The number of likely N-dealkylation sites (tertiary alicyclic amines) is 1. The summed E-state index contributed by atoms with van der Waals surface area (Å²) in [6.45, 7) is 11.2. The molecule has 0 radical (unpaired) electrons. The number of phenols is 1. The number of hydrogen-bond donors (Lipinski definition) is 2. The fraction of sp³-hybridized carbons (Fsp3) is 0.370. The molecule has 9 nitrogen and oxygen atoms in total. The van der Waals surface area contributed by atoms with Gasteiger partial charge in [-0.05, 0) is 107 Å². The van der Waals surface area contributed by atoms with Gasteiger partial charge < -0.3 is 19.8 Å². The van der Waals surface area contributed by atoms with Gasteiger partial charge in [0.1, 0.15) is 11.8 Å². The maximum Gasteiger partial charge on any atom is 0.255 e. The Balaban J connectivity index is 0.783. The predicted molar refractivity (Wildman–Crippen MR) is 217 cm³/mol. The number of aryl methyl sites for hydroxylation is 1. The first-order valence-corrected chi connectivity index (χ1v) is 20.0. The number of carbonyl (C=O) groups is 3. The molecule has 55 heavy (non-hydrogen) atoms. The van der Waals surface area contributed by atoms with Crippen molar-refractivity contribution in [3.63, 3.8) is 0 Å². The number of piperidine rings is 1. The number of piperazine rings is 1. The van der Waals surface area contributed by atoms with E-state index >= 15 is 0 Å². The number of rotatable bonds is 12. The van der Waals surface area contributed by atoms with Gasteiger partial charge >= 0.3 is 0 Å². The fourth-order valence-electron chi connectivity index (χ4n) is 8.94. The van der Waals surface area contributed by atoms with E-state index in [0.29, 0.717) is 18.5 Å². The van der Waals surface area contributed by atoms with Gasteiger partial charge in [-0.1, -0.05) is 73.7 Å². The van der Waals surface area contributed by atoms with E-state index in [1.54, 1.807) is 17.0 Å². The van der Waals surface area contributed by atoms with Gasteiger partial charge in [0.25, 0.3) is 5.91 Å². The van der Waals surface area contributed by atoms with Gasteiger partial charge in [-0.3, -0.25) is 24.6 Å². The third kappa shape index (κ3) is 8.09. The molecule has 3 amide bonds. The molecule has 9 heteroatoms. The summed E-state index contributed by atoms with van der Waals surface area (Å²) < 4.78 is 0. The number of nitrogens with one attached hydrogen (secondary N) is 1. The molecule has 4 aromatic carbocycles. The highest BCUT2D eigenvalue weighted by Crippen LogP contribution is 2.36. The molecule has 0 aliphatic carbocycles. The number of anilines is 1. The van der Waals surface area contributed by atoms with Gasteiger partial charge in [0, 0.05) is 70.0 Å². The first-order valence-electron chi connectivity index (χ1n) is 20.0. The van der Waals surface area contributed by atoms with Gasteiger partial charge in [0.15, 0.2) is 0 Å². The van der Waals surface area contributed by atoms with E-state index in [1.165, 1.54) is 40.9 Å². The number of imide groups is 1. The minimum absolute atomic E-state index is 0.122. The Hall–Kier alpha value is -5.25. The van der Waals surface area contributed by atoms with Crippen LogP contribution in [0, 0.1) is 5.92 Å². The highest BCUT2D eigenvalue weighted by atomic mass is 16.3. The second-order valence-corrected chi connectivity index (χ2v) is 15.6. The van der Waals surface area contributed by atoms with Crippen molar-refractivity contribution in [2.24, 2.45) is 5.92 Å². The highest BCUT2D eigenvalue weighted by molar-refractivity contribution is 6.05. The van der Waals surface area contributed by atoms with Crippen LogP contribution < -0.4 is 10.2 Å². The third-order valence-corrected chi connectivity index (χ3v) is 11.9. The lowest BCUT2D eigenvalue weighted by Gasteiger charge is -2.44. The van der Waals surface area contributed by atoms with Crippen molar-refractivity contribution in [1.29, 1.82) is 0 Å². The molecule has 4 heterocycles. The lowest BCUT2D eigenvalue weighted by Crippen LogP contribution is -2.55. The van der Waals surface area contributed by atoms with Crippen molar-refractivity contribution in [1.82, 2.24) is 20.0 Å². The molecule has 1 unspecified atom stereocenters. The zero-order valence-electron chi connectivity index (χ0n) is 31.8. The second kappa shape index (κ2) is 16.2. The number of phenolic OH excluding ortho intramolecular Hbond substituents is 1. The van der Waals surface area contributed by atoms with Gasteiger partial charge in [-0.2, -0.15) is 0 Å². The minimum Gasteiger partial charge on any atom is -0.508 e. The summed E-state index contributed by atoms with van der Waals surface area (Å²) in [7, 11) is 0. The van der Waals surface area contributed by atoms with Crippen LogP contribution in [0.4, 0.5) is 5.69 Å². The molecule has 0 spiro atoms. The zero-order valence-corrected chi connectivity index (χ0v) is 31.8. The van der Waals surface area contributed by atoms with Gasteiger partial charge in [-0.25, -0.2) is 0 Å². The maximum absolute atomic E-state index is 13.1. The van der Waals surface area contributed by atoms with Crippen LogP contribution in [-0.4, -0.2) is 95.9 Å². The van der Waals surface area contributed by atoms with E-state index in [-0.39, 0.29) is 29.9 Å². The Morgan fingerprint density at radius 3 is 2.20 bits per heavy atom. The Kier molecular flexibility index (Phi) is 10.8. The van der Waals surface area contributed by atoms with Crippen molar-refractivity contribution in [2.75, 3.05) is 57.3 Å². The van der Waals surface area contributed by atoms with Gasteiger partial charge in [0.2, 0.25) is 11.8 Å². The van der Waals surface area contributed by atoms with Crippen LogP contribution in [0.5, 0.6) is 5.75 Å². The Morgan fingerprint density at radius 2 is 1.51 bits per heavy atom. The van der Waals surface area contributed by atoms with E-state index < -0.39 is 6.04 Å². The zero-order chi connectivity index (χ0) is 37.9. The van der Waals surface area contributed by atoms with E-state index in [1.807, 2.05) is 24.3 Å². The van der Waals surface area contributed by atoms with Crippen molar-refractivity contribution in [2.45, 2.75) is 51.6 Å². The summed E-state index contributed by atoms with van der Waals surface area (Å²) in [5.41, 5.74) is 10.2. The third-order valence-electron chi connectivity index (χ3n) is 11.9. The normalized spacial score (nSPS) is 19.9. The summed E-state index contributed by atoms with van der Waals surface area (Å²) in [5.74, 6) is 0.239. The molecule has 1 atom stereocenters. The number of aromatic hydroxyl groups is 1. The van der Waals surface area contributed by atoms with Crippen molar-refractivity contribution >= 4 is 34.6 Å². The molecule has 0 bridgehead atoms. The molecular formula is C46H51N5O4. The summed E-state index contributed by atoms with van der Waals surface area (Å²) >= 11 is 0. The molecule has 284 valence electrons. The molecule has 4 aromatic rings. The minimum atomic E-state index is -0.583. The van der Waals surface area contributed by atoms with Crippen LogP contribution in [0.25, 0.3) is 11.1 Å². The number of benzene rings is 4. The van der Waals surface area contributed by atoms with E-state index in [2.05, 4.69) is 87.6 Å². The quantitative estimate of drug-likeness (QED) is 0.132. The van der Waals surface area contributed by atoms with Crippen LogP contribution in [0.3, 0.4) is 0 Å². The van der Waals surface area contributed by atoms with E-state index in [9.17, 15) is 19.5 Å². The smallest absolute Gasteiger partial charge is 0.255 e. The van der Waals surface area contributed by atoms with Crippen LogP contribution in [0.2, 0.25) is 0 Å². The van der Waals surface area contributed by atoms with E-state index in [0.717, 1.165) is 81.3 Å². The van der Waals surface area contributed by atoms with Crippen LogP contribution in [-0.2, 0) is 22.6 Å². The number of hydrogen-bond acceptors (Lipinski definition) is 7. The molecule has 3 fully saturated rings. The van der Waals surface area contributed by atoms with Crippen molar-refractivity contribution in [3.05, 3.63) is 130 Å². The van der Waals surface area contributed by atoms with Crippen LogP contribution in [0.15, 0.2) is 97.1 Å². The fourth-order valence-corrected chi connectivity index (χ4v) is 8.94. The Bertz CT molecular complexity index is 2050. The average molecular weight is 738 g/mol. The topological polar surface area (TPSA) is 96.4 Å². The van der Waals surface area contributed by atoms with Gasteiger partial charge in [0.05, 0.1) is 0 Å². The molecule has 4 aliphatic rings. The highest BCUT2D eigenvalue weighted by Gasteiger charge is 2.39. The largest absolute Gasteiger partial charge is 0.508 e. The summed E-state index contributed by atoms with van der Waals surface area (Å²) in [5, 5.41) is 12.3. The monoisotopic (exact) mass is 737 g/mol. The van der Waals surface area contributed by atoms with Crippen molar-refractivity contribution in [3.8, 4) is 5.75 Å². The first kappa shape index (κ1) is 36.7. The number of allylic oxidation sites excluding steroid dienone is 1. The molecule has 3 saturated heterocycles. The molecule has 0 aromatic heterocycles.